The van der Waals surface area contributed by atoms with E-state index in [0.717, 1.165) is 17.4 Å². The average molecular weight is 209 g/mol. The molecule has 0 N–H and O–H groups in total. The van der Waals surface area contributed by atoms with Gasteiger partial charge >= 0.3 is 0 Å². The first-order chi connectivity index (χ1) is 6.84. The van der Waals surface area contributed by atoms with E-state index in [1.165, 1.54) is 18.4 Å². The van der Waals surface area contributed by atoms with Crippen molar-refractivity contribution in [2.24, 2.45) is 0 Å². The lowest BCUT2D eigenvalue weighted by atomic mass is 10.3. The molecule has 0 spiro atoms. The van der Waals surface area contributed by atoms with Gasteiger partial charge in [0.25, 0.3) is 0 Å². The maximum absolute atomic E-state index is 5.56. The monoisotopic (exact) mass is 209 g/mol. The molecule has 0 amide bonds. The smallest absolute Gasteiger partial charge is 0.0963 e. The molecular weight excluding hydrogens is 194 g/mol. The average Bonchev–Trinajstić information content (AvgIpc) is 2.67. The Morgan fingerprint density at radius 2 is 2.57 bits per heavy atom. The summed E-state index contributed by atoms with van der Waals surface area (Å²) in [5, 5.41) is 1.11. The van der Waals surface area contributed by atoms with Crippen LogP contribution in [0.1, 0.15) is 18.4 Å². The molecule has 1 aromatic heterocycles. The zero-order valence-electron chi connectivity index (χ0n) is 8.40. The maximum Gasteiger partial charge on any atom is 0.0963 e. The summed E-state index contributed by atoms with van der Waals surface area (Å²) < 4.78 is 5.56. The fourth-order valence-electron chi connectivity index (χ4n) is 1.54. The minimum absolute atomic E-state index is 0.447. The van der Waals surface area contributed by atoms with Crippen LogP contribution in [-0.4, -0.2) is 23.4 Å². The highest BCUT2D eigenvalue weighted by atomic mass is 32.2. The molecule has 0 unspecified atom stereocenters. The molecule has 1 aromatic rings. The van der Waals surface area contributed by atoms with Crippen LogP contribution >= 0.6 is 11.8 Å². The molecule has 0 bridgehead atoms. The second kappa shape index (κ2) is 4.80. The zero-order valence-corrected chi connectivity index (χ0v) is 9.22. The number of thioether (sulfide) groups is 1. The summed E-state index contributed by atoms with van der Waals surface area (Å²) in [5.74, 6) is 1.04. The largest absolute Gasteiger partial charge is 0.377 e. The van der Waals surface area contributed by atoms with Crippen LogP contribution in [0.15, 0.2) is 23.4 Å². The van der Waals surface area contributed by atoms with Gasteiger partial charge in [0.2, 0.25) is 0 Å². The molecule has 0 aliphatic carbocycles. The van der Waals surface area contributed by atoms with Crippen molar-refractivity contribution in [2.75, 3.05) is 12.4 Å². The number of ether oxygens (including phenoxy) is 1. The third kappa shape index (κ3) is 2.72. The van der Waals surface area contributed by atoms with Gasteiger partial charge in [-0.05, 0) is 37.5 Å². The summed E-state index contributed by atoms with van der Waals surface area (Å²) in [7, 11) is 0. The highest BCUT2D eigenvalue weighted by Crippen LogP contribution is 2.22. The SMILES string of the molecule is Cc1ccnc(SC[C@@H]2CCCO2)c1. The van der Waals surface area contributed by atoms with Crippen molar-refractivity contribution in [3.63, 3.8) is 0 Å². The van der Waals surface area contributed by atoms with E-state index in [1.807, 2.05) is 12.3 Å². The van der Waals surface area contributed by atoms with E-state index in [1.54, 1.807) is 11.8 Å². The summed E-state index contributed by atoms with van der Waals surface area (Å²) in [4.78, 5) is 4.31. The number of pyridine rings is 1. The Bertz CT molecular complexity index is 297. The second-order valence-electron chi connectivity index (χ2n) is 3.62. The number of rotatable bonds is 3. The predicted octanol–water partition coefficient (Wildman–Crippen LogP) is 2.66. The number of hydrogen-bond acceptors (Lipinski definition) is 3. The Balaban J connectivity index is 1.85. The fraction of sp³-hybridized carbons (Fsp3) is 0.545. The molecule has 2 heterocycles. The van der Waals surface area contributed by atoms with Gasteiger partial charge in [-0.3, -0.25) is 0 Å². The van der Waals surface area contributed by atoms with E-state index in [-0.39, 0.29) is 0 Å². The van der Waals surface area contributed by atoms with Crippen molar-refractivity contribution in [3.8, 4) is 0 Å². The first-order valence-electron chi connectivity index (χ1n) is 5.01. The van der Waals surface area contributed by atoms with Gasteiger partial charge in [0.15, 0.2) is 0 Å². The van der Waals surface area contributed by atoms with Crippen molar-refractivity contribution in [3.05, 3.63) is 23.9 Å². The molecule has 76 valence electrons. The Morgan fingerprint density at radius 1 is 1.64 bits per heavy atom. The van der Waals surface area contributed by atoms with E-state index in [0.29, 0.717) is 6.10 Å². The predicted molar refractivity (Wildman–Crippen MR) is 58.7 cm³/mol. The summed E-state index contributed by atoms with van der Waals surface area (Å²) in [6.07, 6.45) is 4.74. The first-order valence-corrected chi connectivity index (χ1v) is 6.00. The highest BCUT2D eigenvalue weighted by Gasteiger charge is 2.15. The van der Waals surface area contributed by atoms with E-state index in [2.05, 4.69) is 18.0 Å². The van der Waals surface area contributed by atoms with Crippen LogP contribution < -0.4 is 0 Å². The molecule has 1 aliphatic rings. The molecule has 1 fully saturated rings. The second-order valence-corrected chi connectivity index (χ2v) is 4.66. The van der Waals surface area contributed by atoms with Gasteiger partial charge in [-0.1, -0.05) is 0 Å². The van der Waals surface area contributed by atoms with E-state index >= 15 is 0 Å². The number of aromatic nitrogens is 1. The highest BCUT2D eigenvalue weighted by molar-refractivity contribution is 7.99. The zero-order chi connectivity index (χ0) is 9.80. The molecule has 0 radical (unpaired) electrons. The summed E-state index contributed by atoms with van der Waals surface area (Å²) in [5.41, 5.74) is 1.27. The van der Waals surface area contributed by atoms with E-state index in [9.17, 15) is 0 Å². The molecule has 0 aromatic carbocycles. The van der Waals surface area contributed by atoms with Crippen LogP contribution in [0.2, 0.25) is 0 Å². The van der Waals surface area contributed by atoms with Gasteiger partial charge in [0, 0.05) is 18.6 Å². The molecule has 2 nitrogen and oxygen atoms in total. The molecule has 1 atom stereocenters. The normalized spacial score (nSPS) is 21.4. The number of nitrogens with zero attached hydrogens (tertiary/aromatic N) is 1. The summed E-state index contributed by atoms with van der Waals surface area (Å²) in [6, 6.07) is 4.15. The lowest BCUT2D eigenvalue weighted by molar-refractivity contribution is 0.129. The summed E-state index contributed by atoms with van der Waals surface area (Å²) >= 11 is 1.80. The topological polar surface area (TPSA) is 22.1 Å². The Morgan fingerprint density at radius 3 is 3.29 bits per heavy atom. The third-order valence-corrected chi connectivity index (χ3v) is 3.39. The van der Waals surface area contributed by atoms with Gasteiger partial charge in [0.05, 0.1) is 11.1 Å². The van der Waals surface area contributed by atoms with Crippen LogP contribution in [0, 0.1) is 6.92 Å². The lowest BCUT2D eigenvalue weighted by Crippen LogP contribution is -2.07. The molecule has 1 saturated heterocycles. The minimum Gasteiger partial charge on any atom is -0.377 e. The van der Waals surface area contributed by atoms with Crippen LogP contribution in [0.3, 0.4) is 0 Å². The quantitative estimate of drug-likeness (QED) is 0.714. The van der Waals surface area contributed by atoms with Crippen LogP contribution in [0.4, 0.5) is 0 Å². The Hall–Kier alpha value is -0.540. The van der Waals surface area contributed by atoms with Crippen molar-refractivity contribution >= 4 is 11.8 Å². The van der Waals surface area contributed by atoms with Crippen LogP contribution in [-0.2, 0) is 4.74 Å². The Kier molecular flexibility index (Phi) is 3.43. The van der Waals surface area contributed by atoms with Crippen molar-refractivity contribution in [2.45, 2.75) is 30.9 Å². The van der Waals surface area contributed by atoms with Crippen LogP contribution in [0.5, 0.6) is 0 Å². The van der Waals surface area contributed by atoms with Crippen molar-refractivity contribution in [1.82, 2.24) is 4.98 Å². The van der Waals surface area contributed by atoms with Crippen LogP contribution in [0.25, 0.3) is 0 Å². The molecule has 14 heavy (non-hydrogen) atoms. The fourth-order valence-corrected chi connectivity index (χ4v) is 2.57. The molecule has 3 heteroatoms. The maximum atomic E-state index is 5.56. The van der Waals surface area contributed by atoms with E-state index in [4.69, 9.17) is 4.74 Å². The standard InChI is InChI=1S/C11H15NOS/c1-9-4-5-12-11(7-9)14-8-10-3-2-6-13-10/h4-5,7,10H,2-3,6,8H2,1H3/t10-/m0/s1. The Labute approximate surface area is 89.1 Å². The molecular formula is C11H15NOS. The molecule has 0 saturated carbocycles. The number of hydrogen-bond donors (Lipinski definition) is 0. The molecule has 1 aliphatic heterocycles. The van der Waals surface area contributed by atoms with Gasteiger partial charge in [0.1, 0.15) is 0 Å². The minimum atomic E-state index is 0.447. The van der Waals surface area contributed by atoms with Crippen molar-refractivity contribution < 1.29 is 4.74 Å². The number of aryl methyl sites for hydroxylation is 1. The lowest BCUT2D eigenvalue weighted by Gasteiger charge is -2.07. The van der Waals surface area contributed by atoms with Crippen molar-refractivity contribution in [1.29, 1.82) is 0 Å². The van der Waals surface area contributed by atoms with Gasteiger partial charge in [-0.25, -0.2) is 4.98 Å². The first kappa shape index (κ1) is 9.99. The summed E-state index contributed by atoms with van der Waals surface area (Å²) in [6.45, 7) is 3.03. The molecule has 2 rings (SSSR count). The van der Waals surface area contributed by atoms with Gasteiger partial charge in [-0.15, -0.1) is 11.8 Å². The van der Waals surface area contributed by atoms with E-state index < -0.39 is 0 Å². The third-order valence-electron chi connectivity index (χ3n) is 2.33. The van der Waals surface area contributed by atoms with Gasteiger partial charge < -0.3 is 4.74 Å². The van der Waals surface area contributed by atoms with Gasteiger partial charge in [-0.2, -0.15) is 0 Å².